The van der Waals surface area contributed by atoms with Gasteiger partial charge in [0.05, 0.1) is 23.3 Å². The summed E-state index contributed by atoms with van der Waals surface area (Å²) in [4.78, 5) is 0. The second-order valence-electron chi connectivity index (χ2n) is 4.52. The number of nitriles is 2. The van der Waals surface area contributed by atoms with Gasteiger partial charge in [-0.2, -0.15) is 10.5 Å². The zero-order valence-corrected chi connectivity index (χ0v) is 13.3. The van der Waals surface area contributed by atoms with Crippen molar-refractivity contribution in [3.8, 4) is 12.1 Å². The Morgan fingerprint density at radius 3 is 1.14 bits per heavy atom. The first-order valence-electron chi connectivity index (χ1n) is 6.17. The highest BCUT2D eigenvalue weighted by Gasteiger charge is 2.17. The fraction of sp³-hybridized carbons (Fsp3) is 0.125. The van der Waals surface area contributed by atoms with Crippen LogP contribution < -0.4 is 11.5 Å². The van der Waals surface area contributed by atoms with Crippen molar-refractivity contribution in [1.29, 1.82) is 10.5 Å². The molecule has 0 heterocycles. The molecule has 0 spiro atoms. The smallest absolute Gasteiger partial charge is 0.0991 e. The Balaban J connectivity index is 0.00000220. The molecule has 0 amide bonds. The fourth-order valence-electron chi connectivity index (χ4n) is 1.97. The lowest BCUT2D eigenvalue weighted by molar-refractivity contribution is 0.574. The molecule has 4 N–H and O–H groups in total. The first-order chi connectivity index (χ1) is 9.65. The Labute approximate surface area is 142 Å². The standard InChI is InChI=1S/C16H14N4.2ClH/c17-9-11-1-5-13(6-2-11)15(19)16(20)14-7-3-12(10-18)4-8-14;;/h1-8,15-16H,19-20H2;2*1H. The number of nitrogens with two attached hydrogens (primary N) is 2. The Kier molecular flexibility index (Phi) is 8.19. The molecule has 6 heteroatoms. The summed E-state index contributed by atoms with van der Waals surface area (Å²) in [6, 6.07) is 17.5. The molecule has 0 aliphatic heterocycles. The summed E-state index contributed by atoms with van der Waals surface area (Å²) in [6.45, 7) is 0. The van der Waals surface area contributed by atoms with E-state index in [1.54, 1.807) is 24.3 Å². The molecular weight excluding hydrogens is 319 g/mol. The van der Waals surface area contributed by atoms with Crippen molar-refractivity contribution in [1.82, 2.24) is 0 Å². The molecule has 0 aliphatic rings. The van der Waals surface area contributed by atoms with Crippen LogP contribution in [0.3, 0.4) is 0 Å². The van der Waals surface area contributed by atoms with Crippen molar-refractivity contribution in [2.24, 2.45) is 11.5 Å². The van der Waals surface area contributed by atoms with E-state index in [1.165, 1.54) is 0 Å². The third-order valence-corrected chi connectivity index (χ3v) is 3.24. The topological polar surface area (TPSA) is 99.6 Å². The van der Waals surface area contributed by atoms with E-state index >= 15 is 0 Å². The third-order valence-electron chi connectivity index (χ3n) is 3.24. The lowest BCUT2D eigenvalue weighted by Gasteiger charge is -2.20. The molecule has 2 aromatic rings. The maximum Gasteiger partial charge on any atom is 0.0991 e. The maximum atomic E-state index is 8.77. The molecule has 2 aromatic carbocycles. The largest absolute Gasteiger partial charge is 0.322 e. The monoisotopic (exact) mass is 334 g/mol. The van der Waals surface area contributed by atoms with Gasteiger partial charge in [0.2, 0.25) is 0 Å². The third kappa shape index (κ3) is 4.46. The SMILES string of the molecule is Cl.Cl.N#Cc1ccc(C(N)C(N)c2ccc(C#N)cc2)cc1. The molecule has 2 atom stereocenters. The fourth-order valence-corrected chi connectivity index (χ4v) is 1.97. The van der Waals surface area contributed by atoms with Crippen LogP contribution in [-0.4, -0.2) is 0 Å². The van der Waals surface area contributed by atoms with Crippen LogP contribution >= 0.6 is 24.8 Å². The van der Waals surface area contributed by atoms with Gasteiger partial charge in [-0.05, 0) is 35.4 Å². The maximum absolute atomic E-state index is 8.77. The van der Waals surface area contributed by atoms with Crippen molar-refractivity contribution >= 4 is 24.8 Å². The molecule has 0 fully saturated rings. The molecule has 0 saturated carbocycles. The summed E-state index contributed by atoms with van der Waals surface area (Å²) >= 11 is 0. The number of rotatable bonds is 3. The van der Waals surface area contributed by atoms with Crippen molar-refractivity contribution < 1.29 is 0 Å². The van der Waals surface area contributed by atoms with Gasteiger partial charge in [0, 0.05) is 12.1 Å². The molecule has 0 radical (unpaired) electrons. The first kappa shape index (κ1) is 19.9. The summed E-state index contributed by atoms with van der Waals surface area (Å²) in [7, 11) is 0. The molecule has 2 unspecified atom stereocenters. The average molecular weight is 335 g/mol. The van der Waals surface area contributed by atoms with Gasteiger partial charge in [-0.15, -0.1) is 24.8 Å². The Morgan fingerprint density at radius 2 is 0.909 bits per heavy atom. The summed E-state index contributed by atoms with van der Waals surface area (Å²) in [5.74, 6) is 0. The summed E-state index contributed by atoms with van der Waals surface area (Å²) in [5, 5.41) is 17.5. The second kappa shape index (κ2) is 9.04. The number of halogens is 2. The lowest BCUT2D eigenvalue weighted by Crippen LogP contribution is -2.26. The summed E-state index contributed by atoms with van der Waals surface area (Å²) in [5.41, 5.74) is 15.3. The van der Waals surface area contributed by atoms with E-state index in [9.17, 15) is 0 Å². The van der Waals surface area contributed by atoms with Crippen LogP contribution in [0.1, 0.15) is 34.3 Å². The minimum atomic E-state index is -0.365. The normalized spacial score (nSPS) is 11.8. The summed E-state index contributed by atoms with van der Waals surface area (Å²) < 4.78 is 0. The second-order valence-corrected chi connectivity index (χ2v) is 4.52. The van der Waals surface area contributed by atoms with E-state index in [2.05, 4.69) is 12.1 Å². The molecule has 0 aliphatic carbocycles. The van der Waals surface area contributed by atoms with Crippen molar-refractivity contribution in [3.05, 3.63) is 70.8 Å². The molecule has 2 rings (SSSR count). The molecule has 114 valence electrons. The number of nitrogens with zero attached hydrogens (tertiary/aromatic N) is 2. The van der Waals surface area contributed by atoms with Gasteiger partial charge in [0.15, 0.2) is 0 Å². The van der Waals surface area contributed by atoms with E-state index in [4.69, 9.17) is 22.0 Å². The van der Waals surface area contributed by atoms with Gasteiger partial charge in [0.1, 0.15) is 0 Å². The van der Waals surface area contributed by atoms with Crippen LogP contribution in [0, 0.1) is 22.7 Å². The van der Waals surface area contributed by atoms with E-state index in [-0.39, 0.29) is 36.9 Å². The number of hydrogen-bond acceptors (Lipinski definition) is 4. The van der Waals surface area contributed by atoms with E-state index in [0.29, 0.717) is 11.1 Å². The zero-order valence-electron chi connectivity index (χ0n) is 11.6. The van der Waals surface area contributed by atoms with Crippen LogP contribution in [0.4, 0.5) is 0 Å². The molecule has 4 nitrogen and oxygen atoms in total. The number of hydrogen-bond donors (Lipinski definition) is 2. The number of benzene rings is 2. The van der Waals surface area contributed by atoms with Crippen molar-refractivity contribution in [3.63, 3.8) is 0 Å². The van der Waals surface area contributed by atoms with Crippen molar-refractivity contribution in [2.45, 2.75) is 12.1 Å². The van der Waals surface area contributed by atoms with Crippen LogP contribution in [0.2, 0.25) is 0 Å². The van der Waals surface area contributed by atoms with Gasteiger partial charge < -0.3 is 11.5 Å². The van der Waals surface area contributed by atoms with Crippen LogP contribution in [0.5, 0.6) is 0 Å². The summed E-state index contributed by atoms with van der Waals surface area (Å²) in [6.07, 6.45) is 0. The zero-order chi connectivity index (χ0) is 14.5. The molecule has 0 bridgehead atoms. The lowest BCUT2D eigenvalue weighted by atomic mass is 9.94. The van der Waals surface area contributed by atoms with Crippen molar-refractivity contribution in [2.75, 3.05) is 0 Å². The first-order valence-corrected chi connectivity index (χ1v) is 6.17. The molecule has 0 aromatic heterocycles. The van der Waals surface area contributed by atoms with Gasteiger partial charge in [-0.1, -0.05) is 24.3 Å². The predicted molar refractivity (Wildman–Crippen MR) is 90.7 cm³/mol. The van der Waals surface area contributed by atoms with E-state index in [1.807, 2.05) is 24.3 Å². The van der Waals surface area contributed by atoms with Crippen LogP contribution in [0.15, 0.2) is 48.5 Å². The molecule has 0 saturated heterocycles. The van der Waals surface area contributed by atoms with Gasteiger partial charge >= 0.3 is 0 Å². The Hall–Kier alpha value is -2.08. The van der Waals surface area contributed by atoms with Crippen LogP contribution in [-0.2, 0) is 0 Å². The highest BCUT2D eigenvalue weighted by atomic mass is 35.5. The van der Waals surface area contributed by atoms with E-state index < -0.39 is 0 Å². The average Bonchev–Trinajstić information content (AvgIpc) is 2.53. The van der Waals surface area contributed by atoms with Gasteiger partial charge in [0.25, 0.3) is 0 Å². The highest BCUT2D eigenvalue weighted by Crippen LogP contribution is 2.25. The predicted octanol–water partition coefficient (Wildman–Crippen LogP) is 2.97. The highest BCUT2D eigenvalue weighted by molar-refractivity contribution is 5.85. The minimum absolute atomic E-state index is 0. The van der Waals surface area contributed by atoms with E-state index in [0.717, 1.165) is 11.1 Å². The molecule has 22 heavy (non-hydrogen) atoms. The molecular formula is C16H16Cl2N4. The van der Waals surface area contributed by atoms with Crippen LogP contribution in [0.25, 0.3) is 0 Å². The minimum Gasteiger partial charge on any atom is -0.322 e. The Morgan fingerprint density at radius 1 is 0.636 bits per heavy atom. The van der Waals surface area contributed by atoms with Gasteiger partial charge in [-0.25, -0.2) is 0 Å². The Bertz CT molecular complexity index is 608. The van der Waals surface area contributed by atoms with Gasteiger partial charge in [-0.3, -0.25) is 0 Å². The quantitative estimate of drug-likeness (QED) is 0.900.